The van der Waals surface area contributed by atoms with Crippen LogP contribution in [0.25, 0.3) is 11.1 Å². The van der Waals surface area contributed by atoms with E-state index in [1.165, 1.54) is 0 Å². The Bertz CT molecular complexity index is 451. The van der Waals surface area contributed by atoms with E-state index in [2.05, 4.69) is 0 Å². The van der Waals surface area contributed by atoms with E-state index >= 15 is 0 Å². The summed E-state index contributed by atoms with van der Waals surface area (Å²) in [6.07, 6.45) is 1.64. The molecular weight excluding hydrogens is 236 g/mol. The predicted molar refractivity (Wildman–Crippen MR) is 69.9 cm³/mol. The van der Waals surface area contributed by atoms with Gasteiger partial charge in [0.15, 0.2) is 0 Å². The molecule has 0 atom stereocenters. The van der Waals surface area contributed by atoms with Gasteiger partial charge >= 0.3 is 0 Å². The van der Waals surface area contributed by atoms with E-state index in [0.29, 0.717) is 11.1 Å². The first-order chi connectivity index (χ1) is 7.83. The maximum Gasteiger partial charge on any atom is 0.150 e. The largest absolute Gasteiger partial charge is 0.298 e. The molecule has 0 amide bonds. The van der Waals surface area contributed by atoms with E-state index < -0.39 is 0 Å². The summed E-state index contributed by atoms with van der Waals surface area (Å²) >= 11 is 0. The highest BCUT2D eigenvalue weighted by molar-refractivity contribution is 5.85. The minimum Gasteiger partial charge on any atom is -0.298 e. The lowest BCUT2D eigenvalue weighted by atomic mass is 10.0. The van der Waals surface area contributed by atoms with Crippen molar-refractivity contribution in [2.75, 3.05) is 0 Å². The molecular formula is C14H11ClO2. The molecule has 0 unspecified atom stereocenters. The molecule has 17 heavy (non-hydrogen) atoms. The summed E-state index contributed by atoms with van der Waals surface area (Å²) in [5.41, 5.74) is 3.38. The van der Waals surface area contributed by atoms with Crippen molar-refractivity contribution in [3.63, 3.8) is 0 Å². The topological polar surface area (TPSA) is 34.1 Å². The lowest BCUT2D eigenvalue weighted by Crippen LogP contribution is -1.83. The minimum absolute atomic E-state index is 0. The van der Waals surface area contributed by atoms with E-state index in [9.17, 15) is 9.59 Å². The summed E-state index contributed by atoms with van der Waals surface area (Å²) < 4.78 is 0. The van der Waals surface area contributed by atoms with Crippen LogP contribution < -0.4 is 0 Å². The van der Waals surface area contributed by atoms with Gasteiger partial charge in [-0.25, -0.2) is 0 Å². The van der Waals surface area contributed by atoms with E-state index in [4.69, 9.17) is 0 Å². The minimum atomic E-state index is 0. The second kappa shape index (κ2) is 5.97. The summed E-state index contributed by atoms with van der Waals surface area (Å²) in [4.78, 5) is 21.0. The molecule has 2 aromatic rings. The van der Waals surface area contributed by atoms with Gasteiger partial charge in [0.25, 0.3) is 0 Å². The van der Waals surface area contributed by atoms with Crippen LogP contribution in [0.1, 0.15) is 20.7 Å². The van der Waals surface area contributed by atoms with Crippen LogP contribution in [0.3, 0.4) is 0 Å². The molecule has 0 bridgehead atoms. The van der Waals surface area contributed by atoms with Gasteiger partial charge in [0, 0.05) is 11.1 Å². The van der Waals surface area contributed by atoms with Crippen LogP contribution in [0.5, 0.6) is 0 Å². The zero-order valence-corrected chi connectivity index (χ0v) is 9.81. The molecule has 2 rings (SSSR count). The van der Waals surface area contributed by atoms with Crippen LogP contribution in [0.15, 0.2) is 48.5 Å². The van der Waals surface area contributed by atoms with Crippen molar-refractivity contribution in [3.8, 4) is 11.1 Å². The number of halogens is 1. The fourth-order valence-corrected chi connectivity index (χ4v) is 1.51. The summed E-state index contributed by atoms with van der Waals surface area (Å²) in [6.45, 7) is 0. The van der Waals surface area contributed by atoms with Crippen molar-refractivity contribution in [2.45, 2.75) is 0 Å². The Hall–Kier alpha value is -1.93. The van der Waals surface area contributed by atoms with E-state index in [-0.39, 0.29) is 12.4 Å². The van der Waals surface area contributed by atoms with Gasteiger partial charge in [-0.2, -0.15) is 0 Å². The number of hydrogen-bond acceptors (Lipinski definition) is 2. The van der Waals surface area contributed by atoms with Crippen LogP contribution in [0.2, 0.25) is 0 Å². The Morgan fingerprint density at radius 2 is 0.882 bits per heavy atom. The first-order valence-electron chi connectivity index (χ1n) is 4.94. The van der Waals surface area contributed by atoms with Gasteiger partial charge in [-0.3, -0.25) is 9.59 Å². The van der Waals surface area contributed by atoms with Gasteiger partial charge < -0.3 is 0 Å². The number of carbonyl (C=O) groups is 2. The van der Waals surface area contributed by atoms with Crippen LogP contribution in [0.4, 0.5) is 0 Å². The second-order valence-electron chi connectivity index (χ2n) is 3.48. The monoisotopic (exact) mass is 246 g/mol. The van der Waals surface area contributed by atoms with Gasteiger partial charge in [-0.1, -0.05) is 48.5 Å². The van der Waals surface area contributed by atoms with Crippen LogP contribution in [0, 0.1) is 0 Å². The molecule has 0 saturated heterocycles. The van der Waals surface area contributed by atoms with Gasteiger partial charge in [0.2, 0.25) is 0 Å². The first-order valence-corrected chi connectivity index (χ1v) is 4.94. The Kier molecular flexibility index (Phi) is 4.61. The molecule has 86 valence electrons. The van der Waals surface area contributed by atoms with Crippen LogP contribution in [-0.4, -0.2) is 12.6 Å². The average Bonchev–Trinajstić information content (AvgIpc) is 2.39. The number of aldehydes is 2. The Morgan fingerprint density at radius 1 is 0.588 bits per heavy atom. The Morgan fingerprint density at radius 3 is 1.12 bits per heavy atom. The molecule has 2 aromatic carbocycles. The first kappa shape index (κ1) is 13.1. The average molecular weight is 247 g/mol. The molecule has 0 N–H and O–H groups in total. The van der Waals surface area contributed by atoms with Crippen molar-refractivity contribution in [1.29, 1.82) is 0 Å². The quantitative estimate of drug-likeness (QED) is 0.778. The normalized spacial score (nSPS) is 9.18. The van der Waals surface area contributed by atoms with Crippen LogP contribution in [-0.2, 0) is 0 Å². The van der Waals surface area contributed by atoms with Gasteiger partial charge in [-0.15, -0.1) is 12.4 Å². The number of rotatable bonds is 3. The summed E-state index contributed by atoms with van der Waals surface area (Å²) in [6, 6.07) is 14.6. The summed E-state index contributed by atoms with van der Waals surface area (Å²) in [5, 5.41) is 0. The lowest BCUT2D eigenvalue weighted by molar-refractivity contribution is 0.111. The maximum atomic E-state index is 10.5. The van der Waals surface area contributed by atoms with Crippen molar-refractivity contribution in [2.24, 2.45) is 0 Å². The third-order valence-corrected chi connectivity index (χ3v) is 2.43. The smallest absolute Gasteiger partial charge is 0.150 e. The highest BCUT2D eigenvalue weighted by Crippen LogP contribution is 2.19. The van der Waals surface area contributed by atoms with E-state index in [1.54, 1.807) is 24.3 Å². The number of carbonyl (C=O) groups excluding carboxylic acids is 2. The summed E-state index contributed by atoms with van der Waals surface area (Å²) in [5.74, 6) is 0. The molecule has 0 aliphatic rings. The van der Waals surface area contributed by atoms with Crippen molar-refractivity contribution in [3.05, 3.63) is 59.7 Å². The zero-order chi connectivity index (χ0) is 11.4. The molecule has 0 aliphatic heterocycles. The second-order valence-corrected chi connectivity index (χ2v) is 3.48. The third-order valence-electron chi connectivity index (χ3n) is 2.43. The molecule has 0 fully saturated rings. The zero-order valence-electron chi connectivity index (χ0n) is 9.00. The maximum absolute atomic E-state index is 10.5. The lowest BCUT2D eigenvalue weighted by Gasteiger charge is -2.01. The Balaban J connectivity index is 0.00000144. The fraction of sp³-hybridized carbons (Fsp3) is 0. The van der Waals surface area contributed by atoms with Gasteiger partial charge in [0.05, 0.1) is 0 Å². The molecule has 0 spiro atoms. The highest BCUT2D eigenvalue weighted by Gasteiger charge is 1.97. The molecule has 0 aliphatic carbocycles. The van der Waals surface area contributed by atoms with Crippen molar-refractivity contribution < 1.29 is 9.59 Å². The molecule has 0 saturated carbocycles. The molecule has 2 nitrogen and oxygen atoms in total. The van der Waals surface area contributed by atoms with Crippen LogP contribution >= 0.6 is 12.4 Å². The van der Waals surface area contributed by atoms with E-state index in [1.807, 2.05) is 24.3 Å². The summed E-state index contributed by atoms with van der Waals surface area (Å²) in [7, 11) is 0. The molecule has 3 heteroatoms. The predicted octanol–water partition coefficient (Wildman–Crippen LogP) is 3.40. The fourth-order valence-electron chi connectivity index (χ4n) is 1.51. The number of hydrogen-bond donors (Lipinski definition) is 0. The standard InChI is InChI=1S/C14H10O2.ClH/c15-9-11-1-5-13(6-2-11)14-7-3-12(10-16)4-8-14;/h1-10H;1H. The van der Waals surface area contributed by atoms with Gasteiger partial charge in [0.1, 0.15) is 12.6 Å². The van der Waals surface area contributed by atoms with Crippen molar-refractivity contribution >= 4 is 25.0 Å². The third kappa shape index (κ3) is 3.02. The van der Waals surface area contributed by atoms with Crippen molar-refractivity contribution in [1.82, 2.24) is 0 Å². The van der Waals surface area contributed by atoms with E-state index in [0.717, 1.165) is 23.7 Å². The van der Waals surface area contributed by atoms with Gasteiger partial charge in [-0.05, 0) is 11.1 Å². The molecule has 0 radical (unpaired) electrons. The molecule has 0 aromatic heterocycles. The number of benzene rings is 2. The SMILES string of the molecule is Cl.O=Cc1ccc(-c2ccc(C=O)cc2)cc1. The molecule has 0 heterocycles. The highest BCUT2D eigenvalue weighted by atomic mass is 35.5. The Labute approximate surface area is 106 Å².